The molecule has 3 rings (SSSR count). The number of allylic oxidation sites excluding steroid dienone is 2. The van der Waals surface area contributed by atoms with Crippen LogP contribution in [0, 0.1) is 11.3 Å². The molecule has 0 heterocycles. The lowest BCUT2D eigenvalue weighted by Gasteiger charge is -2.19. The van der Waals surface area contributed by atoms with Gasteiger partial charge in [-0.05, 0) is 18.6 Å². The molecule has 22 heavy (non-hydrogen) atoms. The van der Waals surface area contributed by atoms with Gasteiger partial charge in [0.1, 0.15) is 0 Å². The molecule has 3 heteroatoms. The highest BCUT2D eigenvalue weighted by Gasteiger charge is 2.29. The van der Waals surface area contributed by atoms with Crippen LogP contribution in [0.4, 0.5) is 0 Å². The van der Waals surface area contributed by atoms with E-state index in [9.17, 15) is 14.9 Å². The highest BCUT2D eigenvalue weighted by molar-refractivity contribution is 6.26. The molecule has 1 aliphatic rings. The molecule has 106 valence electrons. The molecule has 0 aromatic heterocycles. The first-order valence-corrected chi connectivity index (χ1v) is 6.99. The van der Waals surface area contributed by atoms with E-state index < -0.39 is 0 Å². The van der Waals surface area contributed by atoms with E-state index in [0.717, 1.165) is 5.56 Å². The molecule has 0 spiro atoms. The van der Waals surface area contributed by atoms with E-state index in [2.05, 4.69) is 6.07 Å². The molecule has 0 N–H and O–H groups in total. The third kappa shape index (κ3) is 2.15. The molecular weight excluding hydrogens is 274 g/mol. The van der Waals surface area contributed by atoms with Crippen molar-refractivity contribution < 1.29 is 9.59 Å². The fourth-order valence-corrected chi connectivity index (χ4v) is 2.74. The summed E-state index contributed by atoms with van der Waals surface area (Å²) in [6, 6.07) is 16.1. The van der Waals surface area contributed by atoms with Crippen LogP contribution < -0.4 is 0 Å². The molecule has 1 aliphatic carbocycles. The fourth-order valence-electron chi connectivity index (χ4n) is 2.74. The maximum absolute atomic E-state index is 12.7. The van der Waals surface area contributed by atoms with Crippen LogP contribution in [0.15, 0.2) is 59.7 Å². The second-order valence-corrected chi connectivity index (χ2v) is 5.25. The van der Waals surface area contributed by atoms with E-state index in [1.807, 2.05) is 12.1 Å². The van der Waals surface area contributed by atoms with Crippen molar-refractivity contribution in [3.63, 3.8) is 0 Å². The number of nitriles is 1. The molecule has 0 atom stereocenters. The number of benzene rings is 2. The van der Waals surface area contributed by atoms with E-state index in [1.165, 1.54) is 0 Å². The number of hydrogen-bond acceptors (Lipinski definition) is 3. The van der Waals surface area contributed by atoms with Gasteiger partial charge in [0.05, 0.1) is 11.6 Å². The molecule has 0 aliphatic heterocycles. The molecule has 0 fully saturated rings. The van der Waals surface area contributed by atoms with Crippen LogP contribution in [0.1, 0.15) is 38.8 Å². The molecular formula is C19H13NO2. The molecule has 2 aromatic rings. The Morgan fingerprint density at radius 2 is 1.50 bits per heavy atom. The van der Waals surface area contributed by atoms with Gasteiger partial charge in [-0.25, -0.2) is 0 Å². The number of nitrogens with zero attached hydrogens (tertiary/aromatic N) is 1. The summed E-state index contributed by atoms with van der Waals surface area (Å²) in [4.78, 5) is 25.1. The molecule has 3 nitrogen and oxygen atoms in total. The molecule has 0 amide bonds. The van der Waals surface area contributed by atoms with Crippen molar-refractivity contribution in [2.75, 3.05) is 0 Å². The molecule has 0 bridgehead atoms. The van der Waals surface area contributed by atoms with Crippen LogP contribution in [0.3, 0.4) is 0 Å². The Morgan fingerprint density at radius 1 is 0.909 bits per heavy atom. The van der Waals surface area contributed by atoms with Gasteiger partial charge in [0.15, 0.2) is 11.6 Å². The number of carbonyl (C=O) groups is 2. The predicted molar refractivity (Wildman–Crippen MR) is 82.7 cm³/mol. The van der Waals surface area contributed by atoms with Crippen molar-refractivity contribution in [2.45, 2.75) is 13.3 Å². The lowest BCUT2D eigenvalue weighted by Crippen LogP contribution is -2.22. The first-order chi connectivity index (χ1) is 10.6. The Kier molecular flexibility index (Phi) is 3.44. The Bertz CT molecular complexity index is 869. The zero-order valence-corrected chi connectivity index (χ0v) is 12.1. The Balaban J connectivity index is 2.08. The van der Waals surface area contributed by atoms with Gasteiger partial charge in [-0.1, -0.05) is 42.5 Å². The van der Waals surface area contributed by atoms with Crippen molar-refractivity contribution >= 4 is 11.6 Å². The van der Waals surface area contributed by atoms with Crippen LogP contribution in [-0.4, -0.2) is 11.6 Å². The molecule has 0 radical (unpaired) electrons. The number of Topliss-reactive ketones (excluding diaryl/α,β-unsaturated/α-hetero) is 2. The normalized spacial score (nSPS) is 13.8. The summed E-state index contributed by atoms with van der Waals surface area (Å²) in [5.41, 5.74) is 3.15. The largest absolute Gasteiger partial charge is 0.289 e. The third-order valence-corrected chi connectivity index (χ3v) is 3.99. The van der Waals surface area contributed by atoms with Crippen LogP contribution in [0.25, 0.3) is 0 Å². The summed E-state index contributed by atoms with van der Waals surface area (Å²) in [6.45, 7) is 1.68. The predicted octanol–water partition coefficient (Wildman–Crippen LogP) is 3.50. The lowest BCUT2D eigenvalue weighted by atomic mass is 9.82. The smallest absolute Gasteiger partial charge is 0.190 e. The first kappa shape index (κ1) is 14.0. The number of rotatable bonds is 2. The maximum atomic E-state index is 12.7. The third-order valence-electron chi connectivity index (χ3n) is 3.99. The van der Waals surface area contributed by atoms with Crippen LogP contribution in [0.5, 0.6) is 0 Å². The zero-order valence-electron chi connectivity index (χ0n) is 12.1. The minimum atomic E-state index is -0.125. The molecule has 0 saturated carbocycles. The zero-order chi connectivity index (χ0) is 15.7. The average molecular weight is 287 g/mol. The van der Waals surface area contributed by atoms with E-state index in [0.29, 0.717) is 34.3 Å². The van der Waals surface area contributed by atoms with Gasteiger partial charge in [0.2, 0.25) is 0 Å². The Hall–Kier alpha value is -2.99. The van der Waals surface area contributed by atoms with Crippen molar-refractivity contribution in [1.82, 2.24) is 0 Å². The van der Waals surface area contributed by atoms with Crippen molar-refractivity contribution in [3.05, 3.63) is 81.9 Å². The summed E-state index contributed by atoms with van der Waals surface area (Å²) in [5, 5.41) is 9.17. The monoisotopic (exact) mass is 287 g/mol. The van der Waals surface area contributed by atoms with E-state index in [-0.39, 0.29) is 11.6 Å². The Morgan fingerprint density at radius 3 is 2.18 bits per heavy atom. The molecule has 2 aromatic carbocycles. The molecule has 0 unspecified atom stereocenters. The second-order valence-electron chi connectivity index (χ2n) is 5.25. The number of hydrogen-bond donors (Lipinski definition) is 0. The second kappa shape index (κ2) is 5.42. The maximum Gasteiger partial charge on any atom is 0.190 e. The SMILES string of the molecule is CC1=C(Cc2ccccc2C#N)C(=O)c2ccccc2C1=O. The van der Waals surface area contributed by atoms with Crippen molar-refractivity contribution in [1.29, 1.82) is 5.26 Å². The van der Waals surface area contributed by atoms with E-state index in [1.54, 1.807) is 43.3 Å². The highest BCUT2D eigenvalue weighted by Crippen LogP contribution is 2.28. The summed E-state index contributed by atoms with van der Waals surface area (Å²) >= 11 is 0. The van der Waals surface area contributed by atoms with Crippen molar-refractivity contribution in [3.8, 4) is 6.07 Å². The summed E-state index contributed by atoms with van der Waals surface area (Å²) in [7, 11) is 0. The first-order valence-electron chi connectivity index (χ1n) is 6.99. The van der Waals surface area contributed by atoms with Crippen LogP contribution in [0.2, 0.25) is 0 Å². The summed E-state index contributed by atoms with van der Waals surface area (Å²) < 4.78 is 0. The minimum Gasteiger partial charge on any atom is -0.289 e. The lowest BCUT2D eigenvalue weighted by molar-refractivity contribution is 0.0973. The average Bonchev–Trinajstić information content (AvgIpc) is 2.57. The minimum absolute atomic E-state index is 0.111. The van der Waals surface area contributed by atoms with Gasteiger partial charge in [0, 0.05) is 28.7 Å². The summed E-state index contributed by atoms with van der Waals surface area (Å²) in [5.74, 6) is -0.236. The highest BCUT2D eigenvalue weighted by atomic mass is 16.1. The van der Waals surface area contributed by atoms with Gasteiger partial charge in [-0.2, -0.15) is 5.26 Å². The van der Waals surface area contributed by atoms with Gasteiger partial charge in [-0.15, -0.1) is 0 Å². The summed E-state index contributed by atoms with van der Waals surface area (Å²) in [6.07, 6.45) is 0.300. The van der Waals surface area contributed by atoms with Gasteiger partial charge < -0.3 is 0 Å². The van der Waals surface area contributed by atoms with Gasteiger partial charge in [-0.3, -0.25) is 9.59 Å². The number of ketones is 2. The van der Waals surface area contributed by atoms with E-state index in [4.69, 9.17) is 0 Å². The topological polar surface area (TPSA) is 57.9 Å². The van der Waals surface area contributed by atoms with Crippen molar-refractivity contribution in [2.24, 2.45) is 0 Å². The van der Waals surface area contributed by atoms with E-state index >= 15 is 0 Å². The number of carbonyl (C=O) groups excluding carboxylic acids is 2. The van der Waals surface area contributed by atoms with Gasteiger partial charge in [0.25, 0.3) is 0 Å². The van der Waals surface area contributed by atoms with Gasteiger partial charge >= 0.3 is 0 Å². The van der Waals surface area contributed by atoms with Crippen LogP contribution >= 0.6 is 0 Å². The molecule has 0 saturated heterocycles. The fraction of sp³-hybridized carbons (Fsp3) is 0.105. The number of fused-ring (bicyclic) bond motifs is 1. The Labute approximate surface area is 128 Å². The van der Waals surface area contributed by atoms with Crippen LogP contribution in [-0.2, 0) is 6.42 Å². The standard InChI is InChI=1S/C19H13NO2/c1-12-17(10-13-6-2-3-7-14(13)11-20)19(22)16-9-5-4-8-15(16)18(12)21/h2-9H,10H2,1H3. The quantitative estimate of drug-likeness (QED) is 0.849.